The molecule has 6 nitrogen and oxygen atoms in total. The average Bonchev–Trinajstić information content (AvgIpc) is 2.38. The van der Waals surface area contributed by atoms with E-state index in [-0.39, 0.29) is 11.8 Å². The van der Waals surface area contributed by atoms with Crippen LogP contribution in [0.5, 0.6) is 0 Å². The molecule has 0 saturated carbocycles. The van der Waals surface area contributed by atoms with Gasteiger partial charge in [0.15, 0.2) is 0 Å². The Morgan fingerprint density at radius 1 is 1.00 bits per heavy atom. The van der Waals surface area contributed by atoms with Gasteiger partial charge in [-0.2, -0.15) is 0 Å². The Balaban J connectivity index is 2.60. The fourth-order valence-corrected chi connectivity index (χ4v) is 1.58. The van der Waals surface area contributed by atoms with Crippen LogP contribution in [0.4, 0.5) is 11.4 Å². The Morgan fingerprint density at radius 2 is 1.48 bits per heavy atom. The molecule has 6 heteroatoms. The lowest BCUT2D eigenvalue weighted by molar-refractivity contribution is -0.144. The Labute approximate surface area is 123 Å². The van der Waals surface area contributed by atoms with Crippen LogP contribution in [-0.2, 0) is 14.4 Å². The molecule has 1 aromatic rings. The second-order valence-corrected chi connectivity index (χ2v) is 5.27. The lowest BCUT2D eigenvalue weighted by Gasteiger charge is -2.10. The standard InChI is InChI=1S/C15H20N2O4/c1-9(2)8-13(18)16-11-4-6-12(7-5-11)17-14(19)10(3)15(20)21/h4-7,9-10H,8H2,1-3H3,(H,16,18)(H,17,19)(H,20,21). The number of carbonyl (C=O) groups is 3. The smallest absolute Gasteiger partial charge is 0.315 e. The highest BCUT2D eigenvalue weighted by molar-refractivity contribution is 6.04. The molecule has 21 heavy (non-hydrogen) atoms. The topological polar surface area (TPSA) is 95.5 Å². The van der Waals surface area contributed by atoms with Crippen molar-refractivity contribution in [3.63, 3.8) is 0 Å². The lowest BCUT2D eigenvalue weighted by atomic mass is 10.1. The van der Waals surface area contributed by atoms with E-state index in [0.29, 0.717) is 17.8 Å². The van der Waals surface area contributed by atoms with Crippen LogP contribution in [0.25, 0.3) is 0 Å². The fraction of sp³-hybridized carbons (Fsp3) is 0.400. The van der Waals surface area contributed by atoms with Crippen molar-refractivity contribution in [3.05, 3.63) is 24.3 Å². The largest absolute Gasteiger partial charge is 0.481 e. The molecule has 0 heterocycles. The first-order valence-corrected chi connectivity index (χ1v) is 6.73. The third-order valence-electron chi connectivity index (χ3n) is 2.79. The number of rotatable bonds is 6. The average molecular weight is 292 g/mol. The van der Waals surface area contributed by atoms with Crippen molar-refractivity contribution >= 4 is 29.2 Å². The van der Waals surface area contributed by atoms with Crippen LogP contribution in [0.3, 0.4) is 0 Å². The molecule has 0 fully saturated rings. The van der Waals surface area contributed by atoms with Crippen LogP contribution in [0.15, 0.2) is 24.3 Å². The number of anilines is 2. The normalized spacial score (nSPS) is 11.8. The molecule has 3 N–H and O–H groups in total. The van der Waals surface area contributed by atoms with Crippen LogP contribution < -0.4 is 10.6 Å². The van der Waals surface area contributed by atoms with E-state index in [1.807, 2.05) is 13.8 Å². The van der Waals surface area contributed by atoms with Crippen molar-refractivity contribution < 1.29 is 19.5 Å². The first-order chi connectivity index (χ1) is 9.79. The zero-order valence-electron chi connectivity index (χ0n) is 12.3. The summed E-state index contributed by atoms with van der Waals surface area (Å²) in [5.41, 5.74) is 1.11. The molecule has 1 atom stereocenters. The number of amides is 2. The lowest BCUT2D eigenvalue weighted by Crippen LogP contribution is -2.26. The molecule has 0 aliphatic heterocycles. The Morgan fingerprint density at radius 3 is 1.90 bits per heavy atom. The zero-order valence-corrected chi connectivity index (χ0v) is 12.3. The molecule has 114 valence electrons. The zero-order chi connectivity index (χ0) is 16.0. The predicted octanol–water partition coefficient (Wildman–Crippen LogP) is 2.33. The van der Waals surface area contributed by atoms with Crippen molar-refractivity contribution in [2.75, 3.05) is 10.6 Å². The molecule has 1 aromatic carbocycles. The van der Waals surface area contributed by atoms with E-state index in [1.54, 1.807) is 24.3 Å². The Hall–Kier alpha value is -2.37. The summed E-state index contributed by atoms with van der Waals surface area (Å²) in [5, 5.41) is 14.0. The fourth-order valence-electron chi connectivity index (χ4n) is 1.58. The number of aliphatic carboxylic acids is 1. The predicted molar refractivity (Wildman–Crippen MR) is 80.0 cm³/mol. The van der Waals surface area contributed by atoms with Crippen molar-refractivity contribution in [2.45, 2.75) is 27.2 Å². The number of nitrogens with one attached hydrogen (secondary N) is 2. The van der Waals surface area contributed by atoms with Gasteiger partial charge in [0.2, 0.25) is 11.8 Å². The van der Waals surface area contributed by atoms with Gasteiger partial charge in [-0.05, 0) is 37.1 Å². The van der Waals surface area contributed by atoms with Crippen molar-refractivity contribution in [3.8, 4) is 0 Å². The molecule has 0 aliphatic carbocycles. The van der Waals surface area contributed by atoms with Gasteiger partial charge in [0.1, 0.15) is 5.92 Å². The molecule has 0 bridgehead atoms. The number of benzene rings is 1. The van der Waals surface area contributed by atoms with Gasteiger partial charge in [-0.15, -0.1) is 0 Å². The number of hydrogen-bond acceptors (Lipinski definition) is 3. The van der Waals surface area contributed by atoms with E-state index in [0.717, 1.165) is 0 Å². The maximum atomic E-state index is 11.6. The molecule has 0 radical (unpaired) electrons. The Bertz CT molecular complexity index is 523. The second-order valence-electron chi connectivity index (χ2n) is 5.27. The summed E-state index contributed by atoms with van der Waals surface area (Å²) < 4.78 is 0. The summed E-state index contributed by atoms with van der Waals surface area (Å²) in [6.45, 7) is 5.24. The van der Waals surface area contributed by atoms with Gasteiger partial charge in [0.05, 0.1) is 0 Å². The van der Waals surface area contributed by atoms with E-state index in [9.17, 15) is 14.4 Å². The SMILES string of the molecule is CC(C)CC(=O)Nc1ccc(NC(=O)C(C)C(=O)O)cc1. The van der Waals surface area contributed by atoms with Gasteiger partial charge in [-0.3, -0.25) is 14.4 Å². The summed E-state index contributed by atoms with van der Waals surface area (Å²) in [6, 6.07) is 6.52. The maximum absolute atomic E-state index is 11.6. The minimum atomic E-state index is -1.18. The van der Waals surface area contributed by atoms with Crippen LogP contribution >= 0.6 is 0 Å². The third kappa shape index (κ3) is 5.64. The molecule has 0 spiro atoms. The van der Waals surface area contributed by atoms with Crippen LogP contribution in [0.2, 0.25) is 0 Å². The minimum Gasteiger partial charge on any atom is -0.481 e. The molecule has 1 unspecified atom stereocenters. The van der Waals surface area contributed by atoms with Gasteiger partial charge in [-0.25, -0.2) is 0 Å². The van der Waals surface area contributed by atoms with E-state index in [1.165, 1.54) is 6.92 Å². The molecular weight excluding hydrogens is 272 g/mol. The summed E-state index contributed by atoms with van der Waals surface area (Å²) in [7, 11) is 0. The van der Waals surface area contributed by atoms with E-state index in [4.69, 9.17) is 5.11 Å². The first-order valence-electron chi connectivity index (χ1n) is 6.73. The van der Waals surface area contributed by atoms with Gasteiger partial charge in [-0.1, -0.05) is 13.8 Å². The Kier molecular flexibility index (Phi) is 5.90. The molecular formula is C15H20N2O4. The van der Waals surface area contributed by atoms with Crippen LogP contribution in [0, 0.1) is 11.8 Å². The van der Waals surface area contributed by atoms with Gasteiger partial charge in [0.25, 0.3) is 0 Å². The molecule has 0 aromatic heterocycles. The second kappa shape index (κ2) is 7.42. The van der Waals surface area contributed by atoms with Crippen LogP contribution in [-0.4, -0.2) is 22.9 Å². The van der Waals surface area contributed by atoms with E-state index in [2.05, 4.69) is 10.6 Å². The molecule has 2 amide bonds. The third-order valence-corrected chi connectivity index (χ3v) is 2.79. The van der Waals surface area contributed by atoms with Gasteiger partial charge >= 0.3 is 5.97 Å². The molecule has 0 saturated heterocycles. The highest BCUT2D eigenvalue weighted by atomic mass is 16.4. The first kappa shape index (κ1) is 16.7. The summed E-state index contributed by atoms with van der Waals surface area (Å²) in [6.07, 6.45) is 0.439. The summed E-state index contributed by atoms with van der Waals surface area (Å²) in [4.78, 5) is 33.9. The van der Waals surface area contributed by atoms with Crippen molar-refractivity contribution in [1.82, 2.24) is 0 Å². The summed E-state index contributed by atoms with van der Waals surface area (Å²) in [5.74, 6) is -2.66. The van der Waals surface area contributed by atoms with E-state index >= 15 is 0 Å². The molecule has 1 rings (SSSR count). The number of carboxylic acid groups (broad SMARTS) is 1. The van der Waals surface area contributed by atoms with Gasteiger partial charge in [0, 0.05) is 17.8 Å². The highest BCUT2D eigenvalue weighted by Gasteiger charge is 2.20. The minimum absolute atomic E-state index is 0.0683. The maximum Gasteiger partial charge on any atom is 0.315 e. The number of hydrogen-bond donors (Lipinski definition) is 3. The molecule has 0 aliphatic rings. The van der Waals surface area contributed by atoms with E-state index < -0.39 is 17.8 Å². The quantitative estimate of drug-likeness (QED) is 0.701. The van der Waals surface area contributed by atoms with Crippen molar-refractivity contribution in [2.24, 2.45) is 11.8 Å². The monoisotopic (exact) mass is 292 g/mol. The van der Waals surface area contributed by atoms with Gasteiger partial charge < -0.3 is 15.7 Å². The van der Waals surface area contributed by atoms with Crippen LogP contribution in [0.1, 0.15) is 27.2 Å². The summed E-state index contributed by atoms with van der Waals surface area (Å²) >= 11 is 0. The number of carboxylic acids is 1. The number of carbonyl (C=O) groups excluding carboxylic acids is 2. The highest BCUT2D eigenvalue weighted by Crippen LogP contribution is 2.15. The van der Waals surface area contributed by atoms with Crippen molar-refractivity contribution in [1.29, 1.82) is 0 Å².